The van der Waals surface area contributed by atoms with Gasteiger partial charge in [0.25, 0.3) is 0 Å². The lowest BCUT2D eigenvalue weighted by molar-refractivity contribution is 0.168. The first-order chi connectivity index (χ1) is 7.45. The summed E-state index contributed by atoms with van der Waals surface area (Å²) in [6.45, 7) is 0. The molecule has 0 spiro atoms. The molecule has 0 aromatic rings. The van der Waals surface area contributed by atoms with Crippen LogP contribution in [-0.2, 0) is 0 Å². The summed E-state index contributed by atoms with van der Waals surface area (Å²) >= 11 is 0. The van der Waals surface area contributed by atoms with Crippen LogP contribution in [0.3, 0.4) is 0 Å². The third-order valence-corrected chi connectivity index (χ3v) is 5.59. The van der Waals surface area contributed by atoms with Crippen molar-refractivity contribution in [3.05, 3.63) is 0 Å². The molecule has 0 bridgehead atoms. The number of hydrogen-bond acceptors (Lipinski definition) is 0. The van der Waals surface area contributed by atoms with Crippen molar-refractivity contribution in [1.29, 1.82) is 0 Å². The largest absolute Gasteiger partial charge is 0.0533 e. The molecule has 0 aromatic heterocycles. The normalized spacial score (nSPS) is 46.4. The van der Waals surface area contributed by atoms with Crippen molar-refractivity contribution in [3.8, 4) is 0 Å². The van der Waals surface area contributed by atoms with E-state index in [2.05, 4.69) is 0 Å². The Morgan fingerprint density at radius 2 is 0.800 bits per heavy atom. The highest BCUT2D eigenvalue weighted by Crippen LogP contribution is 2.51. The molecule has 86 valence electrons. The summed E-state index contributed by atoms with van der Waals surface area (Å²) in [5.41, 5.74) is 0. The van der Waals surface area contributed by atoms with Crippen molar-refractivity contribution in [3.63, 3.8) is 0 Å². The van der Waals surface area contributed by atoms with Crippen molar-refractivity contribution in [2.75, 3.05) is 0 Å². The van der Waals surface area contributed by atoms with Crippen LogP contribution in [0.2, 0.25) is 0 Å². The molecule has 3 fully saturated rings. The number of rotatable bonds is 0. The minimum atomic E-state index is 1.14. The Balaban J connectivity index is 1.79. The molecule has 3 rings (SSSR count). The van der Waals surface area contributed by atoms with Crippen LogP contribution in [0.1, 0.15) is 70.6 Å². The van der Waals surface area contributed by atoms with E-state index in [0.717, 1.165) is 17.8 Å². The van der Waals surface area contributed by atoms with Gasteiger partial charge in [-0.25, -0.2) is 0 Å². The van der Waals surface area contributed by atoms with E-state index in [-0.39, 0.29) is 0 Å². The summed E-state index contributed by atoms with van der Waals surface area (Å²) in [4.78, 5) is 0. The molecule has 0 aromatic carbocycles. The van der Waals surface area contributed by atoms with E-state index in [4.69, 9.17) is 0 Å². The zero-order valence-corrected chi connectivity index (χ0v) is 10.1. The van der Waals surface area contributed by atoms with Crippen LogP contribution in [0, 0.1) is 23.7 Å². The van der Waals surface area contributed by atoms with Crippen molar-refractivity contribution in [2.45, 2.75) is 70.6 Å². The molecule has 4 atom stereocenters. The fourth-order valence-corrected chi connectivity index (χ4v) is 4.97. The molecule has 0 aliphatic heterocycles. The van der Waals surface area contributed by atoms with Gasteiger partial charge in [0.2, 0.25) is 0 Å². The molecule has 3 aliphatic rings. The van der Waals surface area contributed by atoms with E-state index in [1.165, 1.54) is 12.3 Å². The van der Waals surface area contributed by atoms with E-state index >= 15 is 0 Å². The predicted octanol–water partition coefficient (Wildman–Crippen LogP) is 4.78. The molecule has 0 heterocycles. The third-order valence-electron chi connectivity index (χ3n) is 5.59. The summed E-state index contributed by atoms with van der Waals surface area (Å²) in [6, 6.07) is 0. The van der Waals surface area contributed by atoms with Crippen molar-refractivity contribution < 1.29 is 0 Å². The van der Waals surface area contributed by atoms with Gasteiger partial charge in [-0.3, -0.25) is 0 Å². The van der Waals surface area contributed by atoms with Gasteiger partial charge in [-0.15, -0.1) is 0 Å². The molecule has 0 N–H and O–H groups in total. The SMILES string of the molecule is C1CCC2CCCCC3CCC(CC1)C23. The highest BCUT2D eigenvalue weighted by atomic mass is 14.5. The van der Waals surface area contributed by atoms with Gasteiger partial charge < -0.3 is 0 Å². The third kappa shape index (κ3) is 1.97. The Hall–Kier alpha value is 0. The molecule has 15 heavy (non-hydrogen) atoms. The second-order valence-electron chi connectivity index (χ2n) is 6.36. The summed E-state index contributed by atoms with van der Waals surface area (Å²) in [5.74, 6) is 4.62. The first-order valence-electron chi connectivity index (χ1n) is 7.45. The molecular weight excluding hydrogens is 180 g/mol. The summed E-state index contributed by atoms with van der Waals surface area (Å²) in [7, 11) is 0. The Morgan fingerprint density at radius 1 is 0.400 bits per heavy atom. The minimum absolute atomic E-state index is 1.14. The van der Waals surface area contributed by atoms with Gasteiger partial charge in [0.1, 0.15) is 0 Å². The molecule has 0 radical (unpaired) electrons. The highest BCUT2D eigenvalue weighted by molar-refractivity contribution is 4.91. The molecule has 0 heteroatoms. The van der Waals surface area contributed by atoms with Crippen LogP contribution in [0.15, 0.2) is 0 Å². The Kier molecular flexibility index (Phi) is 3.03. The first-order valence-corrected chi connectivity index (χ1v) is 7.45. The van der Waals surface area contributed by atoms with Gasteiger partial charge in [0, 0.05) is 0 Å². The highest BCUT2D eigenvalue weighted by Gasteiger charge is 2.41. The van der Waals surface area contributed by atoms with Crippen LogP contribution < -0.4 is 0 Å². The summed E-state index contributed by atoms with van der Waals surface area (Å²) in [6.07, 6.45) is 17.2. The van der Waals surface area contributed by atoms with Crippen LogP contribution in [0.25, 0.3) is 0 Å². The Morgan fingerprint density at radius 3 is 1.33 bits per heavy atom. The van der Waals surface area contributed by atoms with E-state index < -0.39 is 0 Å². The first kappa shape index (κ1) is 10.2. The van der Waals surface area contributed by atoms with Gasteiger partial charge >= 0.3 is 0 Å². The van der Waals surface area contributed by atoms with Crippen molar-refractivity contribution >= 4 is 0 Å². The zero-order valence-electron chi connectivity index (χ0n) is 10.1. The lowest BCUT2D eigenvalue weighted by Gasteiger charge is -2.33. The van der Waals surface area contributed by atoms with Gasteiger partial charge in [-0.1, -0.05) is 57.8 Å². The lowest BCUT2D eigenvalue weighted by atomic mass is 9.72. The maximum absolute atomic E-state index is 1.59. The van der Waals surface area contributed by atoms with Crippen LogP contribution >= 0.6 is 0 Å². The second kappa shape index (κ2) is 4.47. The zero-order chi connectivity index (χ0) is 10.1. The van der Waals surface area contributed by atoms with Gasteiger partial charge in [-0.05, 0) is 36.5 Å². The average Bonchev–Trinajstić information content (AvgIpc) is 2.49. The smallest absolute Gasteiger partial charge is 0.0329 e. The maximum Gasteiger partial charge on any atom is -0.0329 e. The van der Waals surface area contributed by atoms with E-state index in [1.807, 2.05) is 0 Å². The van der Waals surface area contributed by atoms with Crippen LogP contribution in [0.5, 0.6) is 0 Å². The topological polar surface area (TPSA) is 0 Å². The monoisotopic (exact) mass is 206 g/mol. The molecule has 0 nitrogen and oxygen atoms in total. The van der Waals surface area contributed by atoms with Gasteiger partial charge in [-0.2, -0.15) is 0 Å². The van der Waals surface area contributed by atoms with Gasteiger partial charge in [0.15, 0.2) is 0 Å². The van der Waals surface area contributed by atoms with Crippen LogP contribution in [-0.4, -0.2) is 0 Å². The molecule has 3 aliphatic carbocycles. The summed E-state index contributed by atoms with van der Waals surface area (Å²) in [5, 5.41) is 0. The maximum atomic E-state index is 1.59. The predicted molar refractivity (Wildman–Crippen MR) is 64.7 cm³/mol. The molecule has 3 saturated carbocycles. The standard InChI is InChI=1S/C15H26/c1-2-6-12-8-4-5-9-14-11-10-13(7-3-1)15(12)14/h12-15H,1-11H2. The van der Waals surface area contributed by atoms with Crippen molar-refractivity contribution in [1.82, 2.24) is 0 Å². The van der Waals surface area contributed by atoms with E-state index in [9.17, 15) is 0 Å². The minimum Gasteiger partial charge on any atom is -0.0533 e. The molecular formula is C15H26. The van der Waals surface area contributed by atoms with Crippen LogP contribution in [0.4, 0.5) is 0 Å². The summed E-state index contributed by atoms with van der Waals surface area (Å²) < 4.78 is 0. The van der Waals surface area contributed by atoms with Gasteiger partial charge in [0.05, 0.1) is 0 Å². The lowest BCUT2D eigenvalue weighted by Crippen LogP contribution is -2.24. The second-order valence-corrected chi connectivity index (χ2v) is 6.36. The fraction of sp³-hybridized carbons (Fsp3) is 1.00. The Bertz CT molecular complexity index is 208. The molecule has 0 amide bonds. The van der Waals surface area contributed by atoms with Crippen molar-refractivity contribution in [2.24, 2.45) is 23.7 Å². The quantitative estimate of drug-likeness (QED) is 0.535. The number of hydrogen-bond donors (Lipinski definition) is 0. The molecule has 0 saturated heterocycles. The molecule has 4 unspecified atom stereocenters. The fourth-order valence-electron chi connectivity index (χ4n) is 4.97. The van der Waals surface area contributed by atoms with E-state index in [0.29, 0.717) is 0 Å². The van der Waals surface area contributed by atoms with E-state index in [1.54, 1.807) is 64.2 Å². The average molecular weight is 206 g/mol. The Labute approximate surface area is 94.8 Å².